The third-order valence-electron chi connectivity index (χ3n) is 1.49. The van der Waals surface area contributed by atoms with Crippen molar-refractivity contribution in [3.05, 3.63) is 24.3 Å². The predicted molar refractivity (Wildman–Crippen MR) is 48.2 cm³/mol. The zero-order valence-electron chi connectivity index (χ0n) is 8.32. The molecule has 0 aromatic heterocycles. The lowest BCUT2D eigenvalue weighted by Gasteiger charge is -2.17. The van der Waals surface area contributed by atoms with Gasteiger partial charge >= 0.3 is 23.9 Å². The van der Waals surface area contributed by atoms with Gasteiger partial charge in [0.2, 0.25) is 0 Å². The molecule has 0 aliphatic heterocycles. The van der Waals surface area contributed by atoms with Gasteiger partial charge in [0.15, 0.2) is 0 Å². The Morgan fingerprint density at radius 2 is 1.00 bits per heavy atom. The van der Waals surface area contributed by atoms with Crippen LogP contribution in [0.5, 0.6) is 0 Å². The van der Waals surface area contributed by atoms with Gasteiger partial charge in [-0.1, -0.05) is 13.2 Å². The maximum atomic E-state index is 10.9. The molecule has 0 saturated heterocycles. The molecule has 0 saturated carbocycles. The number of carbonyl (C=O) groups is 2. The largest absolute Gasteiger partial charge is 0.386 e. The minimum absolute atomic E-state index is 1.31. The molecule has 9 heteroatoms. The summed E-state index contributed by atoms with van der Waals surface area (Å²) >= 11 is 0. The van der Waals surface area contributed by atoms with Gasteiger partial charge in [-0.05, 0) is 0 Å². The summed E-state index contributed by atoms with van der Waals surface area (Å²) in [5.41, 5.74) is -2.61. The van der Waals surface area contributed by atoms with Crippen LogP contribution in [-0.4, -0.2) is 54.5 Å². The lowest BCUT2D eigenvalue weighted by atomic mass is 10.2. The van der Waals surface area contributed by atoms with Crippen molar-refractivity contribution in [2.45, 2.75) is 11.9 Å². The van der Waals surface area contributed by atoms with Crippen LogP contribution in [0.1, 0.15) is 0 Å². The van der Waals surface area contributed by atoms with Crippen LogP contribution in [0.3, 0.4) is 0 Å². The van der Waals surface area contributed by atoms with Crippen molar-refractivity contribution in [1.82, 2.24) is 0 Å². The molecule has 0 spiro atoms. The van der Waals surface area contributed by atoms with Crippen molar-refractivity contribution in [3.8, 4) is 0 Å². The Kier molecular flexibility index (Phi) is 4.26. The number of hydrogen-bond acceptors (Lipinski definition) is 9. The Morgan fingerprint density at radius 3 is 1.18 bits per heavy atom. The van der Waals surface area contributed by atoms with E-state index in [2.05, 4.69) is 17.9 Å². The minimum Gasteiger partial charge on any atom is -0.386 e. The van der Waals surface area contributed by atoms with Gasteiger partial charge in [-0.25, -0.2) is 9.59 Å². The smallest absolute Gasteiger partial charge is 0.349 e. The van der Waals surface area contributed by atoms with E-state index in [1.165, 1.54) is 0 Å². The maximum Gasteiger partial charge on any atom is 0.349 e. The lowest BCUT2D eigenvalue weighted by Crippen LogP contribution is -2.38. The summed E-state index contributed by atoms with van der Waals surface area (Å²) in [6, 6.07) is 0. The third-order valence-corrected chi connectivity index (χ3v) is 1.49. The highest BCUT2D eigenvalue weighted by Gasteiger charge is 2.36. The average molecular weight is 250 g/mol. The highest BCUT2D eigenvalue weighted by molar-refractivity contribution is 6.02. The Morgan fingerprint density at radius 1 is 0.765 bits per heavy atom. The molecule has 0 rings (SSSR count). The normalized spacial score (nSPS) is 11.9. The Hall–Kier alpha value is -1.62. The minimum atomic E-state index is -3.60. The first kappa shape index (κ1) is 15.4. The first-order valence-electron chi connectivity index (χ1n) is 3.87. The molecule has 0 unspecified atom stereocenters. The molecule has 0 amide bonds. The van der Waals surface area contributed by atoms with E-state index in [0.29, 0.717) is 0 Å². The number of hydrogen-bond donors (Lipinski definition) is 6. The van der Waals surface area contributed by atoms with Crippen molar-refractivity contribution in [3.63, 3.8) is 0 Å². The van der Waals surface area contributed by atoms with Gasteiger partial charge in [0.1, 0.15) is 11.1 Å². The molecule has 0 fully saturated rings. The van der Waals surface area contributed by atoms with E-state index in [-0.39, 0.29) is 0 Å². The summed E-state index contributed by atoms with van der Waals surface area (Å²) < 4.78 is 3.79. The molecule has 0 aromatic carbocycles. The van der Waals surface area contributed by atoms with E-state index in [1.54, 1.807) is 0 Å². The fourth-order valence-electron chi connectivity index (χ4n) is 0.481. The molecule has 0 atom stereocenters. The Bertz CT molecular complexity index is 331. The van der Waals surface area contributed by atoms with E-state index in [9.17, 15) is 9.59 Å². The van der Waals surface area contributed by atoms with Crippen LogP contribution in [0.2, 0.25) is 0 Å². The molecular weight excluding hydrogens is 240 g/mol. The predicted octanol–water partition coefficient (Wildman–Crippen LogP) is -3.57. The molecule has 0 bridgehead atoms. The number of esters is 2. The standard InChI is InChI=1S/C8H10O9/c1-3(7(11,12)13)5(9)17-6(10)4(2)8(14,15)16/h11-16H,1-2H2. The fraction of sp³-hybridized carbons (Fsp3) is 0.250. The van der Waals surface area contributed by atoms with Gasteiger partial charge in [0.05, 0.1) is 0 Å². The van der Waals surface area contributed by atoms with Crippen molar-refractivity contribution < 1.29 is 45.0 Å². The molecule has 96 valence electrons. The molecule has 6 N–H and O–H groups in total. The van der Waals surface area contributed by atoms with E-state index in [0.717, 1.165) is 0 Å². The van der Waals surface area contributed by atoms with Crippen molar-refractivity contribution in [2.24, 2.45) is 0 Å². The zero-order valence-corrected chi connectivity index (χ0v) is 8.32. The number of aliphatic hydroxyl groups is 6. The van der Waals surface area contributed by atoms with Crippen LogP contribution in [0.4, 0.5) is 0 Å². The SMILES string of the molecule is C=C(C(=O)OC(=O)C(=C)C(O)(O)O)C(O)(O)O. The van der Waals surface area contributed by atoms with Gasteiger partial charge in [-0.2, -0.15) is 0 Å². The molecule has 0 aliphatic carbocycles. The topological polar surface area (TPSA) is 165 Å². The molecule has 0 heterocycles. The fourth-order valence-corrected chi connectivity index (χ4v) is 0.481. The summed E-state index contributed by atoms with van der Waals surface area (Å²) in [7, 11) is 0. The number of carbonyl (C=O) groups excluding carboxylic acids is 2. The molecule has 0 aromatic rings. The zero-order chi connectivity index (χ0) is 14.0. The van der Waals surface area contributed by atoms with E-state index in [4.69, 9.17) is 30.6 Å². The average Bonchev–Trinajstić information content (AvgIpc) is 2.12. The molecular formula is C8H10O9. The van der Waals surface area contributed by atoms with Gasteiger partial charge in [-0.15, -0.1) is 0 Å². The highest BCUT2D eigenvalue weighted by Crippen LogP contribution is 2.13. The van der Waals surface area contributed by atoms with Crippen LogP contribution >= 0.6 is 0 Å². The summed E-state index contributed by atoms with van der Waals surface area (Å²) in [5.74, 6) is -10.7. The first-order valence-corrected chi connectivity index (χ1v) is 3.87. The Balaban J connectivity index is 4.69. The van der Waals surface area contributed by atoms with Crippen molar-refractivity contribution >= 4 is 11.9 Å². The summed E-state index contributed by atoms with van der Waals surface area (Å²) in [6.45, 7) is 5.41. The van der Waals surface area contributed by atoms with E-state index >= 15 is 0 Å². The van der Waals surface area contributed by atoms with E-state index in [1.807, 2.05) is 0 Å². The second kappa shape index (κ2) is 4.71. The van der Waals surface area contributed by atoms with Gasteiger partial charge in [0.25, 0.3) is 0 Å². The van der Waals surface area contributed by atoms with Crippen LogP contribution in [0, 0.1) is 0 Å². The highest BCUT2D eigenvalue weighted by atomic mass is 16.7. The quantitative estimate of drug-likeness (QED) is 0.128. The Labute approximate surface area is 94.1 Å². The second-order valence-corrected chi connectivity index (χ2v) is 2.90. The monoisotopic (exact) mass is 250 g/mol. The van der Waals surface area contributed by atoms with Crippen LogP contribution in [0.25, 0.3) is 0 Å². The molecule has 9 nitrogen and oxygen atoms in total. The van der Waals surface area contributed by atoms with Crippen LogP contribution < -0.4 is 0 Å². The number of ether oxygens (including phenoxy) is 1. The maximum absolute atomic E-state index is 10.9. The second-order valence-electron chi connectivity index (χ2n) is 2.90. The number of rotatable bonds is 4. The van der Waals surface area contributed by atoms with Gasteiger partial charge < -0.3 is 35.4 Å². The van der Waals surface area contributed by atoms with Crippen LogP contribution in [-0.2, 0) is 14.3 Å². The molecule has 0 aliphatic rings. The van der Waals surface area contributed by atoms with E-state index < -0.39 is 35.0 Å². The van der Waals surface area contributed by atoms with Gasteiger partial charge in [0, 0.05) is 0 Å². The summed E-state index contributed by atoms with van der Waals surface area (Å²) in [5, 5.41) is 51.0. The van der Waals surface area contributed by atoms with Crippen LogP contribution in [0.15, 0.2) is 24.3 Å². The lowest BCUT2D eigenvalue weighted by molar-refractivity contribution is -0.282. The molecule has 17 heavy (non-hydrogen) atoms. The summed E-state index contributed by atoms with van der Waals surface area (Å²) in [4.78, 5) is 21.8. The summed E-state index contributed by atoms with van der Waals surface area (Å²) in [6.07, 6.45) is 0. The van der Waals surface area contributed by atoms with Crippen molar-refractivity contribution in [1.29, 1.82) is 0 Å². The van der Waals surface area contributed by atoms with Gasteiger partial charge in [-0.3, -0.25) is 0 Å². The first-order chi connectivity index (χ1) is 7.37. The van der Waals surface area contributed by atoms with Crippen molar-refractivity contribution in [2.75, 3.05) is 0 Å². The molecule has 0 radical (unpaired) electrons. The third kappa shape index (κ3) is 4.40.